The monoisotopic (exact) mass is 309 g/mol. The van der Waals surface area contributed by atoms with Gasteiger partial charge in [0.15, 0.2) is 0 Å². The highest BCUT2D eigenvalue weighted by atomic mass is 16.2. The fourth-order valence-electron chi connectivity index (χ4n) is 2.61. The van der Waals surface area contributed by atoms with Crippen LogP contribution in [0.1, 0.15) is 26.7 Å². The van der Waals surface area contributed by atoms with Crippen LogP contribution in [0.4, 0.5) is 0 Å². The molecule has 6 nitrogen and oxygen atoms in total. The Morgan fingerprint density at radius 1 is 1.09 bits per heavy atom. The summed E-state index contributed by atoms with van der Waals surface area (Å²) in [5, 5.41) is 0. The average Bonchev–Trinajstić information content (AvgIpc) is 2.55. The van der Waals surface area contributed by atoms with Crippen molar-refractivity contribution in [1.29, 1.82) is 0 Å². The zero-order valence-corrected chi connectivity index (χ0v) is 13.9. The molecule has 1 rings (SSSR count). The van der Waals surface area contributed by atoms with E-state index < -0.39 is 0 Å². The van der Waals surface area contributed by atoms with Crippen LogP contribution in [0.25, 0.3) is 0 Å². The predicted molar refractivity (Wildman–Crippen MR) is 85.1 cm³/mol. The second kappa shape index (κ2) is 8.56. The summed E-state index contributed by atoms with van der Waals surface area (Å²) in [5.74, 6) is -0.0853. The maximum Gasteiger partial charge on any atom is 0.246 e. The molecule has 0 spiro atoms. The molecule has 0 aromatic heterocycles. The van der Waals surface area contributed by atoms with Crippen LogP contribution in [0.2, 0.25) is 0 Å². The summed E-state index contributed by atoms with van der Waals surface area (Å²) in [5.41, 5.74) is 0. The largest absolute Gasteiger partial charge is 0.339 e. The average molecular weight is 309 g/mol. The van der Waals surface area contributed by atoms with Gasteiger partial charge in [-0.05, 0) is 18.9 Å². The lowest BCUT2D eigenvalue weighted by molar-refractivity contribution is -0.143. The van der Waals surface area contributed by atoms with Gasteiger partial charge in [-0.2, -0.15) is 0 Å². The lowest BCUT2D eigenvalue weighted by Gasteiger charge is -2.36. The molecule has 1 aliphatic heterocycles. The van der Waals surface area contributed by atoms with Gasteiger partial charge in [-0.3, -0.25) is 14.4 Å². The summed E-state index contributed by atoms with van der Waals surface area (Å²) in [4.78, 5) is 40.7. The normalized spacial score (nSPS) is 14.9. The summed E-state index contributed by atoms with van der Waals surface area (Å²) in [6.45, 7) is 9.70. The molecule has 0 unspecified atom stereocenters. The van der Waals surface area contributed by atoms with Crippen LogP contribution < -0.4 is 0 Å². The van der Waals surface area contributed by atoms with E-state index in [-0.39, 0.29) is 30.2 Å². The lowest BCUT2D eigenvalue weighted by Crippen LogP contribution is -2.53. The van der Waals surface area contributed by atoms with E-state index in [0.717, 1.165) is 12.8 Å². The van der Waals surface area contributed by atoms with Crippen LogP contribution in [0.3, 0.4) is 0 Å². The Labute approximate surface area is 132 Å². The fraction of sp³-hybridized carbons (Fsp3) is 0.688. The molecule has 1 aliphatic rings. The number of rotatable bonds is 6. The smallest absolute Gasteiger partial charge is 0.246 e. The summed E-state index contributed by atoms with van der Waals surface area (Å²) in [7, 11) is 1.58. The second-order valence-electron chi connectivity index (χ2n) is 5.62. The first kappa shape index (κ1) is 18.2. The maximum absolute atomic E-state index is 12.3. The van der Waals surface area contributed by atoms with Gasteiger partial charge in [-0.1, -0.05) is 20.4 Å². The Kier molecular flexibility index (Phi) is 7.08. The molecular formula is C16H27N3O3. The van der Waals surface area contributed by atoms with Crippen molar-refractivity contribution in [3.05, 3.63) is 12.7 Å². The van der Waals surface area contributed by atoms with E-state index >= 15 is 0 Å². The van der Waals surface area contributed by atoms with Crippen molar-refractivity contribution in [3.8, 4) is 0 Å². The SMILES string of the molecule is C=CC(=O)N(C)CC(=O)N1CCN(C(=O)C(CC)CC)CC1. The van der Waals surface area contributed by atoms with Gasteiger partial charge in [0.05, 0.1) is 6.54 Å². The number of nitrogens with zero attached hydrogens (tertiary/aromatic N) is 3. The van der Waals surface area contributed by atoms with Gasteiger partial charge in [-0.25, -0.2) is 0 Å². The number of piperazine rings is 1. The topological polar surface area (TPSA) is 60.9 Å². The first-order valence-electron chi connectivity index (χ1n) is 7.88. The van der Waals surface area contributed by atoms with Crippen LogP contribution in [0.15, 0.2) is 12.7 Å². The van der Waals surface area contributed by atoms with Crippen LogP contribution in [-0.4, -0.2) is 72.2 Å². The first-order chi connectivity index (χ1) is 10.4. The molecule has 22 heavy (non-hydrogen) atoms. The van der Waals surface area contributed by atoms with Gasteiger partial charge in [-0.15, -0.1) is 0 Å². The van der Waals surface area contributed by atoms with Crippen LogP contribution in [0.5, 0.6) is 0 Å². The minimum Gasteiger partial charge on any atom is -0.339 e. The van der Waals surface area contributed by atoms with E-state index in [2.05, 4.69) is 6.58 Å². The van der Waals surface area contributed by atoms with E-state index in [1.807, 2.05) is 18.7 Å². The van der Waals surface area contributed by atoms with Crippen LogP contribution in [0, 0.1) is 5.92 Å². The number of hydrogen-bond acceptors (Lipinski definition) is 3. The third kappa shape index (κ3) is 4.58. The molecule has 3 amide bonds. The second-order valence-corrected chi connectivity index (χ2v) is 5.62. The quantitative estimate of drug-likeness (QED) is 0.680. The fourth-order valence-corrected chi connectivity index (χ4v) is 2.61. The molecule has 0 N–H and O–H groups in total. The molecule has 0 bridgehead atoms. The van der Waals surface area contributed by atoms with Gasteiger partial charge >= 0.3 is 0 Å². The number of likely N-dealkylation sites (N-methyl/N-ethyl adjacent to an activating group) is 1. The minimum atomic E-state index is -0.268. The van der Waals surface area contributed by atoms with Crippen LogP contribution >= 0.6 is 0 Å². The van der Waals surface area contributed by atoms with Crippen molar-refractivity contribution in [2.24, 2.45) is 5.92 Å². The molecule has 6 heteroatoms. The molecule has 1 fully saturated rings. The van der Waals surface area contributed by atoms with Gasteiger partial charge in [0.1, 0.15) is 0 Å². The molecule has 124 valence electrons. The molecular weight excluding hydrogens is 282 g/mol. The molecule has 0 saturated carbocycles. The van der Waals surface area contributed by atoms with Gasteiger partial charge in [0.2, 0.25) is 17.7 Å². The maximum atomic E-state index is 12.3. The Morgan fingerprint density at radius 2 is 1.59 bits per heavy atom. The first-order valence-corrected chi connectivity index (χ1v) is 7.88. The summed E-state index contributed by atoms with van der Waals surface area (Å²) in [6.07, 6.45) is 2.89. The van der Waals surface area contributed by atoms with Crippen LogP contribution in [-0.2, 0) is 14.4 Å². The zero-order valence-electron chi connectivity index (χ0n) is 13.9. The van der Waals surface area contributed by atoms with Gasteiger partial charge < -0.3 is 14.7 Å². The summed E-state index contributed by atoms with van der Waals surface area (Å²) >= 11 is 0. The van der Waals surface area contributed by atoms with Crippen molar-refractivity contribution >= 4 is 17.7 Å². The van der Waals surface area contributed by atoms with Crippen molar-refractivity contribution in [3.63, 3.8) is 0 Å². The van der Waals surface area contributed by atoms with Crippen molar-refractivity contribution in [2.45, 2.75) is 26.7 Å². The van der Waals surface area contributed by atoms with Crippen molar-refractivity contribution in [2.75, 3.05) is 39.8 Å². The number of amides is 3. The molecule has 0 aromatic rings. The van der Waals surface area contributed by atoms with Crippen molar-refractivity contribution in [1.82, 2.24) is 14.7 Å². The molecule has 0 radical (unpaired) electrons. The van der Waals surface area contributed by atoms with Crippen molar-refractivity contribution < 1.29 is 14.4 Å². The Morgan fingerprint density at radius 3 is 2.05 bits per heavy atom. The number of carbonyl (C=O) groups is 3. The number of hydrogen-bond donors (Lipinski definition) is 0. The van der Waals surface area contributed by atoms with E-state index in [1.54, 1.807) is 11.9 Å². The summed E-state index contributed by atoms with van der Waals surface area (Å²) in [6, 6.07) is 0. The molecule has 0 aromatic carbocycles. The Hall–Kier alpha value is -1.85. The molecule has 1 heterocycles. The third-order valence-corrected chi connectivity index (χ3v) is 4.20. The highest BCUT2D eigenvalue weighted by molar-refractivity contribution is 5.90. The van der Waals surface area contributed by atoms with Gasteiger partial charge in [0, 0.05) is 39.1 Å². The van der Waals surface area contributed by atoms with E-state index in [1.165, 1.54) is 11.0 Å². The lowest BCUT2D eigenvalue weighted by atomic mass is 10.0. The Balaban J connectivity index is 2.48. The third-order valence-electron chi connectivity index (χ3n) is 4.20. The van der Waals surface area contributed by atoms with E-state index in [4.69, 9.17) is 0 Å². The number of carbonyl (C=O) groups excluding carboxylic acids is 3. The molecule has 1 saturated heterocycles. The molecule has 0 atom stereocenters. The molecule has 0 aliphatic carbocycles. The van der Waals surface area contributed by atoms with Gasteiger partial charge in [0.25, 0.3) is 0 Å². The summed E-state index contributed by atoms with van der Waals surface area (Å²) < 4.78 is 0. The predicted octanol–water partition coefficient (Wildman–Crippen LogP) is 0.738. The highest BCUT2D eigenvalue weighted by Gasteiger charge is 2.27. The standard InChI is InChI=1S/C16H27N3O3/c1-5-13(6-2)16(22)19-10-8-18(9-11-19)15(21)12-17(4)14(20)7-3/h7,13H,3,5-6,8-12H2,1-2,4H3. The highest BCUT2D eigenvalue weighted by Crippen LogP contribution is 2.14. The Bertz CT molecular complexity index is 424. The zero-order chi connectivity index (χ0) is 16.7. The minimum absolute atomic E-state index is 0.0470. The van der Waals surface area contributed by atoms with E-state index in [9.17, 15) is 14.4 Å². The van der Waals surface area contributed by atoms with E-state index in [0.29, 0.717) is 26.2 Å².